The number of hydrogen-bond acceptors (Lipinski definition) is 4. The summed E-state index contributed by atoms with van der Waals surface area (Å²) in [5, 5.41) is 4.27. The van der Waals surface area contributed by atoms with E-state index in [2.05, 4.69) is 32.8 Å². The monoisotopic (exact) mass is 327 g/mol. The van der Waals surface area contributed by atoms with Crippen molar-refractivity contribution in [3.63, 3.8) is 0 Å². The minimum atomic E-state index is 0.00849. The number of carbonyl (C=O) groups excluding carboxylic acids is 1. The fourth-order valence-corrected chi connectivity index (χ4v) is 4.98. The predicted molar refractivity (Wildman–Crippen MR) is 92.0 cm³/mol. The number of fused-ring (bicyclic) bond motifs is 4. The first kappa shape index (κ1) is 13.9. The number of hydrogen-bond donors (Lipinski definition) is 1. The smallest absolute Gasteiger partial charge is 0.271 e. The van der Waals surface area contributed by atoms with Gasteiger partial charge in [-0.2, -0.15) is 4.37 Å². The van der Waals surface area contributed by atoms with Crippen molar-refractivity contribution >= 4 is 27.5 Å². The highest BCUT2D eigenvalue weighted by Crippen LogP contribution is 2.41. The maximum absolute atomic E-state index is 12.7. The van der Waals surface area contributed by atoms with Crippen molar-refractivity contribution in [1.29, 1.82) is 0 Å². The van der Waals surface area contributed by atoms with Crippen LogP contribution in [-0.2, 0) is 0 Å². The number of amides is 1. The largest absolute Gasteiger partial charge is 0.346 e. The molecule has 6 rings (SSSR count). The summed E-state index contributed by atoms with van der Waals surface area (Å²) in [6.07, 6.45) is 5.04. The Morgan fingerprint density at radius 2 is 2.04 bits per heavy atom. The van der Waals surface area contributed by atoms with Gasteiger partial charge in [-0.3, -0.25) is 4.79 Å². The quantitative estimate of drug-likeness (QED) is 0.942. The zero-order valence-electron chi connectivity index (χ0n) is 13.1. The molecule has 1 aliphatic carbocycles. The molecule has 1 atom stereocenters. The van der Waals surface area contributed by atoms with Crippen molar-refractivity contribution in [2.45, 2.75) is 37.6 Å². The van der Waals surface area contributed by atoms with Crippen LogP contribution in [0.2, 0.25) is 0 Å². The molecule has 1 aromatic carbocycles. The Kier molecular flexibility index (Phi) is 3.20. The van der Waals surface area contributed by atoms with Gasteiger partial charge in [0.1, 0.15) is 5.69 Å². The zero-order valence-corrected chi connectivity index (χ0v) is 13.9. The molecule has 3 saturated heterocycles. The third-order valence-electron chi connectivity index (χ3n) is 5.73. The zero-order chi connectivity index (χ0) is 15.4. The van der Waals surface area contributed by atoms with E-state index in [0.717, 1.165) is 22.5 Å². The Morgan fingerprint density at radius 1 is 1.22 bits per heavy atom. The van der Waals surface area contributed by atoms with E-state index in [1.165, 1.54) is 55.9 Å². The molecule has 5 heteroatoms. The van der Waals surface area contributed by atoms with Gasteiger partial charge in [-0.1, -0.05) is 12.1 Å². The van der Waals surface area contributed by atoms with E-state index in [1.54, 1.807) is 0 Å². The maximum atomic E-state index is 12.7. The van der Waals surface area contributed by atoms with Crippen molar-refractivity contribution in [3.05, 3.63) is 29.5 Å². The summed E-state index contributed by atoms with van der Waals surface area (Å²) < 4.78 is 5.61. The number of benzene rings is 1. The Bertz CT molecular complexity index is 759. The Labute approximate surface area is 140 Å². The Morgan fingerprint density at radius 3 is 2.74 bits per heavy atom. The molecule has 1 aromatic heterocycles. The highest BCUT2D eigenvalue weighted by molar-refractivity contribution is 7.13. The highest BCUT2D eigenvalue weighted by atomic mass is 32.1. The van der Waals surface area contributed by atoms with Crippen LogP contribution in [0.3, 0.4) is 0 Å². The second-order valence-corrected chi connectivity index (χ2v) is 8.08. The first-order valence-corrected chi connectivity index (χ1v) is 9.48. The van der Waals surface area contributed by atoms with Crippen molar-refractivity contribution in [1.82, 2.24) is 14.6 Å². The lowest BCUT2D eigenvalue weighted by atomic mass is 9.84. The van der Waals surface area contributed by atoms with Crippen LogP contribution in [0.25, 0.3) is 10.1 Å². The van der Waals surface area contributed by atoms with Crippen LogP contribution >= 0.6 is 11.5 Å². The van der Waals surface area contributed by atoms with Gasteiger partial charge in [0.2, 0.25) is 0 Å². The van der Waals surface area contributed by atoms with E-state index < -0.39 is 0 Å². The number of nitrogens with zero attached hydrogens (tertiary/aromatic N) is 2. The van der Waals surface area contributed by atoms with Gasteiger partial charge in [-0.15, -0.1) is 0 Å². The first-order valence-electron chi connectivity index (χ1n) is 8.70. The number of aromatic nitrogens is 1. The first-order chi connectivity index (χ1) is 11.3. The van der Waals surface area contributed by atoms with Gasteiger partial charge in [-0.25, -0.2) is 0 Å². The highest BCUT2D eigenvalue weighted by Gasteiger charge is 2.35. The van der Waals surface area contributed by atoms with Gasteiger partial charge in [0.15, 0.2) is 0 Å². The third kappa shape index (κ3) is 2.46. The molecule has 1 amide bonds. The van der Waals surface area contributed by atoms with Crippen LogP contribution in [-0.4, -0.2) is 40.9 Å². The number of carbonyl (C=O) groups is 1. The molecule has 1 N–H and O–H groups in total. The molecule has 4 nitrogen and oxygen atoms in total. The van der Waals surface area contributed by atoms with Gasteiger partial charge in [0.25, 0.3) is 5.91 Å². The summed E-state index contributed by atoms with van der Waals surface area (Å²) in [6.45, 7) is 3.39. The molecule has 23 heavy (non-hydrogen) atoms. The molecule has 0 unspecified atom stereocenters. The summed E-state index contributed by atoms with van der Waals surface area (Å²) in [7, 11) is 0. The van der Waals surface area contributed by atoms with Gasteiger partial charge < -0.3 is 10.2 Å². The van der Waals surface area contributed by atoms with Crippen LogP contribution in [0.4, 0.5) is 0 Å². The van der Waals surface area contributed by atoms with Crippen LogP contribution in [0, 0.1) is 5.92 Å². The fraction of sp³-hybridized carbons (Fsp3) is 0.556. The molecule has 2 aromatic rings. The minimum Gasteiger partial charge on any atom is -0.346 e. The minimum absolute atomic E-state index is 0.00849. The van der Waals surface area contributed by atoms with Gasteiger partial charge in [0.05, 0.1) is 4.70 Å². The predicted octanol–water partition coefficient (Wildman–Crippen LogP) is 3.00. The van der Waals surface area contributed by atoms with Crippen LogP contribution in [0.15, 0.2) is 18.2 Å². The lowest BCUT2D eigenvalue weighted by Gasteiger charge is -2.44. The van der Waals surface area contributed by atoms with Crippen molar-refractivity contribution in [3.8, 4) is 0 Å². The molecule has 4 heterocycles. The molecule has 120 valence electrons. The van der Waals surface area contributed by atoms with Gasteiger partial charge in [-0.05, 0) is 73.8 Å². The molecular weight excluding hydrogens is 306 g/mol. The van der Waals surface area contributed by atoms with Crippen molar-refractivity contribution < 1.29 is 4.79 Å². The molecular formula is C18H21N3OS. The molecule has 0 radical (unpaired) electrons. The second kappa shape index (κ2) is 5.28. The van der Waals surface area contributed by atoms with Gasteiger partial charge in [0, 0.05) is 18.0 Å². The molecule has 4 aliphatic rings. The molecule has 4 fully saturated rings. The summed E-state index contributed by atoms with van der Waals surface area (Å²) in [4.78, 5) is 15.2. The van der Waals surface area contributed by atoms with E-state index >= 15 is 0 Å². The molecule has 1 saturated carbocycles. The van der Waals surface area contributed by atoms with Crippen molar-refractivity contribution in [2.24, 2.45) is 5.92 Å². The standard InChI is InChI=1S/C18H21N3OS/c22-18(19-15-10-21-7-5-12(15)6-8-21)17-14-4-3-13(11-1-2-11)9-16(14)23-20-17/h3-4,9,11-12,15H,1-2,5-8,10H2,(H,19,22)/t15-/m0/s1. The number of nitrogens with one attached hydrogen (secondary N) is 1. The SMILES string of the molecule is O=C(N[C@H]1CN2CCC1CC2)c1nsc2cc(C3CC3)ccc12. The maximum Gasteiger partial charge on any atom is 0.271 e. The summed E-state index contributed by atoms with van der Waals surface area (Å²) in [6, 6.07) is 6.81. The average Bonchev–Trinajstić information content (AvgIpc) is 3.35. The van der Waals surface area contributed by atoms with Crippen LogP contribution in [0.1, 0.15) is 47.7 Å². The van der Waals surface area contributed by atoms with Gasteiger partial charge >= 0.3 is 0 Å². The van der Waals surface area contributed by atoms with E-state index in [9.17, 15) is 4.79 Å². The number of piperidine rings is 3. The lowest BCUT2D eigenvalue weighted by molar-refractivity contribution is 0.0619. The van der Waals surface area contributed by atoms with E-state index in [1.807, 2.05) is 0 Å². The number of rotatable bonds is 3. The summed E-state index contributed by atoms with van der Waals surface area (Å²) >= 11 is 1.46. The molecule has 3 aliphatic heterocycles. The average molecular weight is 327 g/mol. The van der Waals surface area contributed by atoms with E-state index in [4.69, 9.17) is 0 Å². The summed E-state index contributed by atoms with van der Waals surface area (Å²) in [5.41, 5.74) is 2.02. The van der Waals surface area contributed by atoms with Crippen molar-refractivity contribution in [2.75, 3.05) is 19.6 Å². The Balaban J connectivity index is 1.38. The van der Waals surface area contributed by atoms with E-state index in [-0.39, 0.29) is 5.91 Å². The second-order valence-electron chi connectivity index (χ2n) is 7.28. The lowest BCUT2D eigenvalue weighted by Crippen LogP contribution is -2.57. The Hall–Kier alpha value is -1.46. The fourth-order valence-electron chi connectivity index (χ4n) is 4.15. The normalized spacial score (nSPS) is 29.8. The topological polar surface area (TPSA) is 45.2 Å². The molecule has 0 spiro atoms. The van der Waals surface area contributed by atoms with Crippen LogP contribution < -0.4 is 5.32 Å². The summed E-state index contributed by atoms with van der Waals surface area (Å²) in [5.74, 6) is 1.40. The van der Waals surface area contributed by atoms with Crippen LogP contribution in [0.5, 0.6) is 0 Å². The third-order valence-corrected chi connectivity index (χ3v) is 6.54. The van der Waals surface area contributed by atoms with E-state index in [0.29, 0.717) is 17.7 Å². The molecule has 2 bridgehead atoms.